The number of rotatable bonds is 8. The van der Waals surface area contributed by atoms with Gasteiger partial charge in [-0.05, 0) is 64.2 Å². The van der Waals surface area contributed by atoms with Crippen molar-refractivity contribution >= 4 is 33.9 Å². The average Bonchev–Trinajstić information content (AvgIpc) is 3.24. The van der Waals surface area contributed by atoms with Crippen LogP contribution >= 0.6 is 15.9 Å². The fraction of sp³-hybridized carbons (Fsp3) is 0.304. The molecule has 0 unspecified atom stereocenters. The summed E-state index contributed by atoms with van der Waals surface area (Å²) in [7, 11) is 0. The molecule has 2 aromatic rings. The molecule has 1 fully saturated rings. The van der Waals surface area contributed by atoms with Gasteiger partial charge in [0.2, 0.25) is 5.91 Å². The summed E-state index contributed by atoms with van der Waals surface area (Å²) < 4.78 is 19.6. The van der Waals surface area contributed by atoms with E-state index in [-0.39, 0.29) is 11.6 Å². The molecule has 1 amide bonds. The quantitative estimate of drug-likeness (QED) is 0.466. The average molecular weight is 476 g/mol. The smallest absolute Gasteiger partial charge is 0.352 e. The van der Waals surface area contributed by atoms with Crippen LogP contribution in [0.2, 0.25) is 0 Å². The van der Waals surface area contributed by atoms with Crippen molar-refractivity contribution in [1.29, 1.82) is 0 Å². The summed E-state index contributed by atoms with van der Waals surface area (Å²) in [5.74, 6) is -0.532. The lowest BCUT2D eigenvalue weighted by Gasteiger charge is -2.10. The van der Waals surface area contributed by atoms with Crippen LogP contribution in [-0.4, -0.2) is 17.0 Å². The number of aliphatic carboxylic acids is 1. The summed E-state index contributed by atoms with van der Waals surface area (Å²) in [6.07, 6.45) is 7.23. The van der Waals surface area contributed by atoms with E-state index in [1.165, 1.54) is 31.1 Å². The predicted molar refractivity (Wildman–Crippen MR) is 116 cm³/mol. The van der Waals surface area contributed by atoms with Crippen LogP contribution < -0.4 is 10.1 Å². The topological polar surface area (TPSA) is 75.6 Å². The third-order valence-corrected chi connectivity index (χ3v) is 5.73. The molecule has 0 radical (unpaired) electrons. The Morgan fingerprint density at radius 1 is 1.17 bits per heavy atom. The zero-order chi connectivity index (χ0) is 21.5. The highest BCUT2D eigenvalue weighted by Crippen LogP contribution is 2.31. The molecule has 0 bridgehead atoms. The molecule has 0 saturated heterocycles. The van der Waals surface area contributed by atoms with Crippen molar-refractivity contribution in [2.75, 3.05) is 0 Å². The number of nitrogens with one attached hydrogen (secondary N) is 1. The van der Waals surface area contributed by atoms with Crippen LogP contribution in [0.5, 0.6) is 11.5 Å². The fourth-order valence-electron chi connectivity index (χ4n) is 3.48. The van der Waals surface area contributed by atoms with Crippen molar-refractivity contribution in [2.45, 2.75) is 38.5 Å². The molecule has 30 heavy (non-hydrogen) atoms. The first kappa shape index (κ1) is 22.0. The molecule has 158 valence electrons. The second-order valence-electron chi connectivity index (χ2n) is 7.35. The van der Waals surface area contributed by atoms with Gasteiger partial charge in [-0.25, -0.2) is 9.18 Å². The van der Waals surface area contributed by atoms with Crippen LogP contribution in [0.15, 0.2) is 52.6 Å². The van der Waals surface area contributed by atoms with Gasteiger partial charge in [0.05, 0.1) is 4.47 Å². The van der Waals surface area contributed by atoms with E-state index in [9.17, 15) is 19.1 Å². The number of hydrogen-bond acceptors (Lipinski definition) is 3. The Morgan fingerprint density at radius 3 is 2.53 bits per heavy atom. The van der Waals surface area contributed by atoms with Crippen LogP contribution in [0, 0.1) is 11.7 Å². The van der Waals surface area contributed by atoms with Gasteiger partial charge < -0.3 is 15.2 Å². The molecule has 1 aliphatic carbocycles. The van der Waals surface area contributed by atoms with Crippen molar-refractivity contribution in [1.82, 2.24) is 5.32 Å². The zero-order valence-electron chi connectivity index (χ0n) is 16.4. The largest absolute Gasteiger partial charge is 0.477 e. The second kappa shape index (κ2) is 10.4. The summed E-state index contributed by atoms with van der Waals surface area (Å²) in [5, 5.41) is 11.9. The molecule has 0 heterocycles. The molecule has 7 heteroatoms. The maximum Gasteiger partial charge on any atom is 0.352 e. The van der Waals surface area contributed by atoms with Crippen LogP contribution in [0.3, 0.4) is 0 Å². The van der Waals surface area contributed by atoms with Crippen molar-refractivity contribution in [2.24, 2.45) is 5.92 Å². The molecule has 1 saturated carbocycles. The van der Waals surface area contributed by atoms with Gasteiger partial charge in [0, 0.05) is 12.5 Å². The number of benzene rings is 2. The van der Waals surface area contributed by atoms with Crippen molar-refractivity contribution in [3.63, 3.8) is 0 Å². The molecule has 0 atom stereocenters. The van der Waals surface area contributed by atoms with Gasteiger partial charge in [0.15, 0.2) is 0 Å². The maximum absolute atomic E-state index is 13.4. The van der Waals surface area contributed by atoms with Gasteiger partial charge in [0.25, 0.3) is 0 Å². The van der Waals surface area contributed by atoms with Gasteiger partial charge in [-0.15, -0.1) is 0 Å². The third-order valence-electron chi connectivity index (χ3n) is 5.07. The van der Waals surface area contributed by atoms with Gasteiger partial charge in [0.1, 0.15) is 23.0 Å². The Morgan fingerprint density at radius 2 is 1.87 bits per heavy atom. The monoisotopic (exact) mass is 475 g/mol. The van der Waals surface area contributed by atoms with E-state index in [2.05, 4.69) is 21.2 Å². The van der Waals surface area contributed by atoms with Gasteiger partial charge >= 0.3 is 5.97 Å². The molecule has 5 nitrogen and oxygen atoms in total. The first-order valence-corrected chi connectivity index (χ1v) is 10.7. The lowest BCUT2D eigenvalue weighted by Crippen LogP contribution is -2.27. The molecular weight excluding hydrogens is 453 g/mol. The highest BCUT2D eigenvalue weighted by molar-refractivity contribution is 9.10. The Kier molecular flexibility index (Phi) is 7.63. The van der Waals surface area contributed by atoms with Crippen LogP contribution in [-0.2, 0) is 9.59 Å². The summed E-state index contributed by atoms with van der Waals surface area (Å²) in [6, 6.07) is 10.7. The lowest BCUT2D eigenvalue weighted by molar-refractivity contribution is -0.134. The fourth-order valence-corrected chi connectivity index (χ4v) is 3.81. The molecule has 0 aliphatic heterocycles. The Hall–Kier alpha value is -2.67. The van der Waals surface area contributed by atoms with Gasteiger partial charge in [-0.3, -0.25) is 4.79 Å². The van der Waals surface area contributed by atoms with E-state index < -0.39 is 11.8 Å². The molecule has 2 aromatic carbocycles. The Balaban J connectivity index is 1.63. The summed E-state index contributed by atoms with van der Waals surface area (Å²) in [4.78, 5) is 23.7. The van der Waals surface area contributed by atoms with Crippen LogP contribution in [0.25, 0.3) is 6.08 Å². The summed E-state index contributed by atoms with van der Waals surface area (Å²) in [6.45, 7) is 0. The maximum atomic E-state index is 13.4. The molecule has 2 N–H and O–H groups in total. The minimum absolute atomic E-state index is 0.173. The minimum Gasteiger partial charge on any atom is -0.477 e. The molecule has 1 aliphatic rings. The van der Waals surface area contributed by atoms with E-state index in [1.807, 2.05) is 0 Å². The van der Waals surface area contributed by atoms with Gasteiger partial charge in [-0.1, -0.05) is 37.8 Å². The van der Waals surface area contributed by atoms with Crippen LogP contribution in [0.1, 0.15) is 44.1 Å². The van der Waals surface area contributed by atoms with Gasteiger partial charge in [-0.2, -0.15) is 0 Å². The Bertz CT molecular complexity index is 937. The summed E-state index contributed by atoms with van der Waals surface area (Å²) in [5.41, 5.74) is 0.419. The predicted octanol–water partition coefficient (Wildman–Crippen LogP) is 5.89. The number of carbonyl (C=O) groups excluding carboxylic acids is 1. The molecule has 0 aromatic heterocycles. The number of carboxylic acid groups (broad SMARTS) is 1. The number of ether oxygens (including phenoxy) is 1. The van der Waals surface area contributed by atoms with E-state index >= 15 is 0 Å². The van der Waals surface area contributed by atoms with Crippen molar-refractivity contribution in [3.8, 4) is 11.5 Å². The minimum atomic E-state index is -1.20. The standard InChI is InChI=1S/C23H23BrFNO4/c24-19-11-8-17(25)14-21(19)30-18-9-5-16(6-10-18)13-20(23(28)29)26-22(27)12-7-15-3-1-2-4-15/h5-6,8-11,13-15H,1-4,7,12H2,(H,26,27)(H,28,29)/b20-13-. The van der Waals surface area contributed by atoms with E-state index in [0.29, 0.717) is 33.9 Å². The van der Waals surface area contributed by atoms with Crippen LogP contribution in [0.4, 0.5) is 4.39 Å². The summed E-state index contributed by atoms with van der Waals surface area (Å²) >= 11 is 3.30. The first-order valence-electron chi connectivity index (χ1n) is 9.88. The first-order chi connectivity index (χ1) is 14.4. The normalized spacial score (nSPS) is 14.5. The number of hydrogen-bond donors (Lipinski definition) is 2. The number of carbonyl (C=O) groups is 2. The molecule has 0 spiro atoms. The number of carboxylic acids is 1. The second-order valence-corrected chi connectivity index (χ2v) is 8.20. The van der Waals surface area contributed by atoms with Crippen molar-refractivity contribution < 1.29 is 23.8 Å². The number of amides is 1. The molecular formula is C23H23BrFNO4. The highest BCUT2D eigenvalue weighted by atomic mass is 79.9. The van der Waals surface area contributed by atoms with E-state index in [4.69, 9.17) is 4.74 Å². The zero-order valence-corrected chi connectivity index (χ0v) is 18.0. The highest BCUT2D eigenvalue weighted by Gasteiger charge is 2.17. The number of halogens is 2. The van der Waals surface area contributed by atoms with Crippen molar-refractivity contribution in [3.05, 3.63) is 64.0 Å². The third kappa shape index (κ3) is 6.42. The van der Waals surface area contributed by atoms with E-state index in [0.717, 1.165) is 19.3 Å². The SMILES string of the molecule is O=C(CCC1CCCC1)N/C(=C\c1ccc(Oc2cc(F)ccc2Br)cc1)C(=O)O. The van der Waals surface area contributed by atoms with E-state index in [1.54, 1.807) is 30.3 Å². The lowest BCUT2D eigenvalue weighted by atomic mass is 10.0. The molecule has 3 rings (SSSR count). The Labute approximate surface area is 183 Å².